The normalized spacial score (nSPS) is 9.69. The van der Waals surface area contributed by atoms with Crippen molar-refractivity contribution in [3.05, 3.63) is 29.8 Å². The van der Waals surface area contributed by atoms with E-state index in [9.17, 15) is 4.79 Å². The number of hydrogen-bond donors (Lipinski definition) is 2. The number of nitrogen functional groups attached to an aromatic ring is 1. The van der Waals surface area contributed by atoms with Gasteiger partial charge in [-0.25, -0.2) is 4.79 Å². The van der Waals surface area contributed by atoms with Gasteiger partial charge in [-0.1, -0.05) is 12.1 Å². The lowest BCUT2D eigenvalue weighted by atomic mass is 10.2. The van der Waals surface area contributed by atoms with Crippen LogP contribution in [-0.4, -0.2) is 37.9 Å². The minimum atomic E-state index is -0.124. The zero-order valence-corrected chi connectivity index (χ0v) is 9.69. The number of anilines is 1. The maximum absolute atomic E-state index is 11.7. The van der Waals surface area contributed by atoms with Gasteiger partial charge in [0.2, 0.25) is 0 Å². The number of carbonyl (C=O) groups excluding carboxylic acids is 1. The Labute approximate surface area is 95.0 Å². The van der Waals surface area contributed by atoms with E-state index in [4.69, 9.17) is 11.1 Å². The number of carbonyl (C=O) groups is 1. The van der Waals surface area contributed by atoms with Gasteiger partial charge in [0.1, 0.15) is 5.84 Å². The topological polar surface area (TPSA) is 73.4 Å². The molecular formula is C11H16N4O. The molecule has 0 saturated carbocycles. The van der Waals surface area contributed by atoms with E-state index in [1.165, 1.54) is 9.80 Å². The van der Waals surface area contributed by atoms with Gasteiger partial charge in [0.15, 0.2) is 0 Å². The van der Waals surface area contributed by atoms with Crippen molar-refractivity contribution in [2.75, 3.05) is 26.0 Å². The molecule has 1 aromatic carbocycles. The Hall–Kier alpha value is -2.04. The average Bonchev–Trinajstić information content (AvgIpc) is 2.27. The van der Waals surface area contributed by atoms with Crippen LogP contribution in [0.25, 0.3) is 0 Å². The van der Waals surface area contributed by atoms with Gasteiger partial charge in [-0.15, -0.1) is 0 Å². The predicted molar refractivity (Wildman–Crippen MR) is 64.9 cm³/mol. The maximum Gasteiger partial charge on any atom is 0.323 e. The summed E-state index contributed by atoms with van der Waals surface area (Å²) in [5, 5.41) is 7.33. The van der Waals surface area contributed by atoms with Crippen LogP contribution >= 0.6 is 0 Å². The minimum Gasteiger partial charge on any atom is -0.384 e. The number of nitrogens with one attached hydrogen (secondary N) is 1. The van der Waals surface area contributed by atoms with Crippen molar-refractivity contribution in [2.24, 2.45) is 5.73 Å². The molecule has 0 heterocycles. The SMILES string of the molecule is CN(C)C(=O)N(C)c1cccc(C(=N)N)c1. The van der Waals surface area contributed by atoms with Crippen LogP contribution in [-0.2, 0) is 0 Å². The van der Waals surface area contributed by atoms with Crippen molar-refractivity contribution in [2.45, 2.75) is 0 Å². The molecule has 16 heavy (non-hydrogen) atoms. The summed E-state index contributed by atoms with van der Waals surface area (Å²) in [6.07, 6.45) is 0. The fourth-order valence-corrected chi connectivity index (χ4v) is 1.29. The molecule has 0 bridgehead atoms. The Morgan fingerprint density at radius 3 is 2.44 bits per heavy atom. The Bertz CT molecular complexity index is 414. The number of nitrogens with zero attached hydrogens (tertiary/aromatic N) is 2. The smallest absolute Gasteiger partial charge is 0.323 e. The molecule has 1 aromatic rings. The Kier molecular flexibility index (Phi) is 3.50. The molecule has 0 radical (unpaired) electrons. The lowest BCUT2D eigenvalue weighted by Gasteiger charge is -2.22. The Balaban J connectivity index is 3.00. The number of benzene rings is 1. The number of amidine groups is 1. The molecule has 0 saturated heterocycles. The number of urea groups is 1. The van der Waals surface area contributed by atoms with Crippen molar-refractivity contribution >= 4 is 17.6 Å². The van der Waals surface area contributed by atoms with Crippen LogP contribution in [0.1, 0.15) is 5.56 Å². The molecule has 86 valence electrons. The highest BCUT2D eigenvalue weighted by molar-refractivity contribution is 5.97. The summed E-state index contributed by atoms with van der Waals surface area (Å²) in [6.45, 7) is 0. The van der Waals surface area contributed by atoms with Crippen molar-refractivity contribution in [1.82, 2.24) is 4.90 Å². The van der Waals surface area contributed by atoms with Crippen LogP contribution < -0.4 is 10.6 Å². The van der Waals surface area contributed by atoms with Gasteiger partial charge in [0, 0.05) is 32.4 Å². The molecule has 0 spiro atoms. The highest BCUT2D eigenvalue weighted by Crippen LogP contribution is 2.15. The van der Waals surface area contributed by atoms with E-state index >= 15 is 0 Å². The second kappa shape index (κ2) is 4.65. The zero-order valence-electron chi connectivity index (χ0n) is 9.69. The molecule has 5 nitrogen and oxygen atoms in total. The van der Waals surface area contributed by atoms with Gasteiger partial charge in [0.05, 0.1) is 0 Å². The molecular weight excluding hydrogens is 204 g/mol. The fraction of sp³-hybridized carbons (Fsp3) is 0.273. The quantitative estimate of drug-likeness (QED) is 0.578. The van der Waals surface area contributed by atoms with Crippen LogP contribution in [0.4, 0.5) is 10.5 Å². The zero-order chi connectivity index (χ0) is 12.3. The van der Waals surface area contributed by atoms with Gasteiger partial charge in [-0.3, -0.25) is 10.3 Å². The van der Waals surface area contributed by atoms with E-state index in [1.807, 2.05) is 0 Å². The van der Waals surface area contributed by atoms with Gasteiger partial charge < -0.3 is 10.6 Å². The number of amides is 2. The Morgan fingerprint density at radius 2 is 1.94 bits per heavy atom. The van der Waals surface area contributed by atoms with Crippen LogP contribution in [0.15, 0.2) is 24.3 Å². The predicted octanol–water partition coefficient (Wildman–Crippen LogP) is 1.09. The standard InChI is InChI=1S/C11H16N4O/c1-14(2)11(16)15(3)9-6-4-5-8(7-9)10(12)13/h4-7H,1-3H3,(H3,12,13). The van der Waals surface area contributed by atoms with E-state index in [1.54, 1.807) is 45.4 Å². The first-order valence-electron chi connectivity index (χ1n) is 4.83. The highest BCUT2D eigenvalue weighted by atomic mass is 16.2. The van der Waals surface area contributed by atoms with Gasteiger partial charge in [-0.2, -0.15) is 0 Å². The van der Waals surface area contributed by atoms with Crippen LogP contribution in [0.3, 0.4) is 0 Å². The summed E-state index contributed by atoms with van der Waals surface area (Å²) in [6, 6.07) is 6.89. The molecule has 0 aliphatic heterocycles. The van der Waals surface area contributed by atoms with Crippen molar-refractivity contribution in [3.8, 4) is 0 Å². The number of rotatable bonds is 2. The second-order valence-electron chi connectivity index (χ2n) is 3.70. The third kappa shape index (κ3) is 2.50. The lowest BCUT2D eigenvalue weighted by molar-refractivity contribution is 0.225. The maximum atomic E-state index is 11.7. The summed E-state index contributed by atoms with van der Waals surface area (Å²) >= 11 is 0. The molecule has 0 unspecified atom stereocenters. The molecule has 0 fully saturated rings. The average molecular weight is 220 g/mol. The molecule has 3 N–H and O–H groups in total. The van der Waals surface area contributed by atoms with Crippen LogP contribution in [0.5, 0.6) is 0 Å². The van der Waals surface area contributed by atoms with E-state index < -0.39 is 0 Å². The molecule has 0 atom stereocenters. The first kappa shape index (κ1) is 12.0. The second-order valence-corrected chi connectivity index (χ2v) is 3.70. The first-order valence-corrected chi connectivity index (χ1v) is 4.83. The lowest BCUT2D eigenvalue weighted by Crippen LogP contribution is -2.36. The Morgan fingerprint density at radius 1 is 1.31 bits per heavy atom. The summed E-state index contributed by atoms with van der Waals surface area (Å²) < 4.78 is 0. The minimum absolute atomic E-state index is 0.00690. The number of nitrogens with two attached hydrogens (primary N) is 1. The summed E-state index contributed by atoms with van der Waals surface area (Å²) in [7, 11) is 5.06. The van der Waals surface area contributed by atoms with E-state index in [0.717, 1.165) is 0 Å². The summed E-state index contributed by atoms with van der Waals surface area (Å²) in [5.41, 5.74) is 6.71. The molecule has 0 aliphatic carbocycles. The third-order valence-corrected chi connectivity index (χ3v) is 2.21. The van der Waals surface area contributed by atoms with E-state index in [2.05, 4.69) is 0 Å². The summed E-state index contributed by atoms with van der Waals surface area (Å²) in [5.74, 6) is -0.00690. The number of hydrogen-bond acceptors (Lipinski definition) is 2. The largest absolute Gasteiger partial charge is 0.384 e. The highest BCUT2D eigenvalue weighted by Gasteiger charge is 2.12. The van der Waals surface area contributed by atoms with Gasteiger partial charge >= 0.3 is 6.03 Å². The molecule has 1 rings (SSSR count). The van der Waals surface area contributed by atoms with E-state index in [-0.39, 0.29) is 11.9 Å². The summed E-state index contributed by atoms with van der Waals surface area (Å²) in [4.78, 5) is 14.7. The van der Waals surface area contributed by atoms with Gasteiger partial charge in [0.25, 0.3) is 0 Å². The monoisotopic (exact) mass is 220 g/mol. The van der Waals surface area contributed by atoms with Gasteiger partial charge in [-0.05, 0) is 12.1 Å². The van der Waals surface area contributed by atoms with Crippen molar-refractivity contribution in [1.29, 1.82) is 5.41 Å². The van der Waals surface area contributed by atoms with Crippen molar-refractivity contribution in [3.63, 3.8) is 0 Å². The molecule has 0 aliphatic rings. The van der Waals surface area contributed by atoms with Crippen LogP contribution in [0, 0.1) is 5.41 Å². The first-order chi connectivity index (χ1) is 7.43. The molecule has 0 aromatic heterocycles. The fourth-order valence-electron chi connectivity index (χ4n) is 1.29. The third-order valence-electron chi connectivity index (χ3n) is 2.21. The molecule has 5 heteroatoms. The van der Waals surface area contributed by atoms with Crippen LogP contribution in [0.2, 0.25) is 0 Å². The molecule has 2 amide bonds. The van der Waals surface area contributed by atoms with E-state index in [0.29, 0.717) is 11.3 Å². The van der Waals surface area contributed by atoms with Crippen molar-refractivity contribution < 1.29 is 4.79 Å².